The number of rotatable bonds is 5. The van der Waals surface area contributed by atoms with Crippen LogP contribution >= 0.6 is 0 Å². The largest absolute Gasteiger partial charge is 0.458 e. The number of ether oxygens (including phenoxy) is 1. The molecule has 0 saturated carbocycles. The number of nitrogens with zero attached hydrogens (tertiary/aromatic N) is 2. The van der Waals surface area contributed by atoms with Crippen molar-refractivity contribution in [1.82, 2.24) is 4.57 Å². The lowest BCUT2D eigenvalue weighted by Crippen LogP contribution is -2.32. The third kappa shape index (κ3) is 5.10. The molecule has 6 nitrogen and oxygen atoms in total. The predicted octanol–water partition coefficient (Wildman–Crippen LogP) is 3.15. The van der Waals surface area contributed by atoms with E-state index in [2.05, 4.69) is 4.74 Å². The number of alkyl halides is 3. The van der Waals surface area contributed by atoms with E-state index in [4.69, 9.17) is 5.26 Å². The Morgan fingerprint density at radius 2 is 1.72 bits per heavy atom. The summed E-state index contributed by atoms with van der Waals surface area (Å²) in [7, 11) is 0. The molecule has 0 saturated heterocycles. The average molecular weight is 406 g/mol. The van der Waals surface area contributed by atoms with Gasteiger partial charge in [0.15, 0.2) is 12.4 Å². The maximum absolute atomic E-state index is 13.4. The van der Waals surface area contributed by atoms with E-state index < -0.39 is 47.8 Å². The van der Waals surface area contributed by atoms with Crippen molar-refractivity contribution in [3.05, 3.63) is 56.9 Å². The Morgan fingerprint density at radius 3 is 2.21 bits per heavy atom. The predicted molar refractivity (Wildman–Crippen MR) is 97.0 cm³/mol. The molecule has 0 N–H and O–H groups in total. The van der Waals surface area contributed by atoms with Crippen molar-refractivity contribution in [3.8, 4) is 17.3 Å². The van der Waals surface area contributed by atoms with Gasteiger partial charge in [0.2, 0.25) is 0 Å². The van der Waals surface area contributed by atoms with Crippen LogP contribution in [0.25, 0.3) is 11.3 Å². The first-order valence-electron chi connectivity index (χ1n) is 8.43. The van der Waals surface area contributed by atoms with Crippen LogP contribution in [-0.4, -0.2) is 22.9 Å². The molecule has 152 valence electrons. The Bertz CT molecular complexity index is 1060. The Morgan fingerprint density at radius 1 is 1.14 bits per heavy atom. The second-order valence-electron chi connectivity index (χ2n) is 6.51. The first-order valence-corrected chi connectivity index (χ1v) is 8.43. The van der Waals surface area contributed by atoms with E-state index in [9.17, 15) is 27.6 Å². The first kappa shape index (κ1) is 21.9. The molecule has 0 aliphatic carbocycles. The highest BCUT2D eigenvalue weighted by Gasteiger charge is 2.36. The topological polar surface area (TPSA) is 89.2 Å². The molecule has 0 amide bonds. The molecule has 9 heteroatoms. The monoisotopic (exact) mass is 406 g/mol. The highest BCUT2D eigenvalue weighted by Crippen LogP contribution is 2.34. The Hall–Kier alpha value is -3.41. The van der Waals surface area contributed by atoms with Gasteiger partial charge >= 0.3 is 12.1 Å². The van der Waals surface area contributed by atoms with Gasteiger partial charge in [-0.15, -0.1) is 0 Å². The highest BCUT2D eigenvalue weighted by atomic mass is 19.4. The number of hydrogen-bond donors (Lipinski definition) is 0. The number of halogens is 3. The van der Waals surface area contributed by atoms with Gasteiger partial charge in [-0.2, -0.15) is 18.4 Å². The standard InChI is InChI=1S/C20H17F3N2O4/c1-11-4-12(2)6-14(5-11)18-7-17(20(21,22)23)16(8-24)19(28)25(18)9-15(27)10-29-13(3)26/h4-7H,9-10H2,1-3H3. The van der Waals surface area contributed by atoms with Crippen molar-refractivity contribution in [2.45, 2.75) is 33.5 Å². The van der Waals surface area contributed by atoms with Crippen molar-refractivity contribution in [1.29, 1.82) is 5.26 Å². The fraction of sp³-hybridized carbons (Fsp3) is 0.300. The summed E-state index contributed by atoms with van der Waals surface area (Å²) in [6.07, 6.45) is -4.93. The van der Waals surface area contributed by atoms with Crippen LogP contribution in [0.15, 0.2) is 29.1 Å². The smallest absolute Gasteiger partial charge is 0.417 e. The number of pyridine rings is 1. The quantitative estimate of drug-likeness (QED) is 0.712. The number of carbonyl (C=O) groups is 2. The molecule has 1 aromatic heterocycles. The molecule has 0 bridgehead atoms. The molecule has 0 unspecified atom stereocenters. The van der Waals surface area contributed by atoms with Gasteiger partial charge in [-0.25, -0.2) is 0 Å². The molecular formula is C20H17F3N2O4. The molecule has 0 aliphatic heterocycles. The third-order valence-electron chi connectivity index (χ3n) is 4.01. The van der Waals surface area contributed by atoms with Gasteiger partial charge < -0.3 is 4.74 Å². The van der Waals surface area contributed by atoms with Crippen LogP contribution in [0.1, 0.15) is 29.2 Å². The third-order valence-corrected chi connectivity index (χ3v) is 4.01. The minimum absolute atomic E-state index is 0.163. The van der Waals surface area contributed by atoms with Gasteiger partial charge in [0, 0.05) is 6.92 Å². The van der Waals surface area contributed by atoms with Crippen LogP contribution in [0.2, 0.25) is 0 Å². The van der Waals surface area contributed by atoms with Crippen LogP contribution in [-0.2, 0) is 27.0 Å². The maximum atomic E-state index is 13.4. The normalized spacial score (nSPS) is 11.1. The van der Waals surface area contributed by atoms with Gasteiger partial charge in [0.25, 0.3) is 5.56 Å². The van der Waals surface area contributed by atoms with Gasteiger partial charge in [-0.1, -0.05) is 17.2 Å². The van der Waals surface area contributed by atoms with E-state index in [1.807, 2.05) is 0 Å². The van der Waals surface area contributed by atoms with Gasteiger partial charge in [0.1, 0.15) is 11.6 Å². The lowest BCUT2D eigenvalue weighted by Gasteiger charge is -2.18. The van der Waals surface area contributed by atoms with Crippen LogP contribution in [0, 0.1) is 25.2 Å². The highest BCUT2D eigenvalue weighted by molar-refractivity contribution is 5.82. The minimum atomic E-state index is -4.93. The van der Waals surface area contributed by atoms with E-state index in [1.54, 1.807) is 32.0 Å². The lowest BCUT2D eigenvalue weighted by molar-refractivity contribution is -0.146. The van der Waals surface area contributed by atoms with Crippen molar-refractivity contribution in [2.75, 3.05) is 6.61 Å². The van der Waals surface area contributed by atoms with Gasteiger partial charge in [-0.05, 0) is 37.6 Å². The van der Waals surface area contributed by atoms with Gasteiger partial charge in [-0.3, -0.25) is 19.0 Å². The number of hydrogen-bond acceptors (Lipinski definition) is 5. The number of aromatic nitrogens is 1. The zero-order valence-electron chi connectivity index (χ0n) is 15.9. The van der Waals surface area contributed by atoms with Crippen molar-refractivity contribution in [3.63, 3.8) is 0 Å². The molecule has 0 fully saturated rings. The molecule has 0 atom stereocenters. The van der Waals surface area contributed by atoms with Crippen LogP contribution in [0.3, 0.4) is 0 Å². The summed E-state index contributed by atoms with van der Waals surface area (Å²) in [4.78, 5) is 35.7. The average Bonchev–Trinajstić information content (AvgIpc) is 2.59. The number of aryl methyl sites for hydroxylation is 2. The zero-order chi connectivity index (χ0) is 21.9. The molecule has 0 aliphatic rings. The van der Waals surface area contributed by atoms with E-state index in [0.717, 1.165) is 22.6 Å². The van der Waals surface area contributed by atoms with Crippen molar-refractivity contribution in [2.24, 2.45) is 0 Å². The van der Waals surface area contributed by atoms with Crippen LogP contribution < -0.4 is 5.56 Å². The number of nitriles is 1. The Labute approximate surface area is 164 Å². The SMILES string of the molecule is CC(=O)OCC(=O)Cn1c(-c2cc(C)cc(C)c2)cc(C(F)(F)F)c(C#N)c1=O. The fourth-order valence-electron chi connectivity index (χ4n) is 2.90. The zero-order valence-corrected chi connectivity index (χ0v) is 15.9. The molecular weight excluding hydrogens is 389 g/mol. The number of carbonyl (C=O) groups excluding carboxylic acids is 2. The maximum Gasteiger partial charge on any atom is 0.417 e. The fourth-order valence-corrected chi connectivity index (χ4v) is 2.90. The van der Waals surface area contributed by atoms with Gasteiger partial charge in [0.05, 0.1) is 17.8 Å². The summed E-state index contributed by atoms with van der Waals surface area (Å²) in [6.45, 7) is 3.27. The van der Waals surface area contributed by atoms with E-state index in [-0.39, 0.29) is 11.3 Å². The van der Waals surface area contributed by atoms with E-state index >= 15 is 0 Å². The summed E-state index contributed by atoms with van der Waals surface area (Å²) in [5, 5.41) is 9.13. The van der Waals surface area contributed by atoms with Crippen LogP contribution in [0.4, 0.5) is 13.2 Å². The molecule has 1 aromatic carbocycles. The number of benzene rings is 1. The van der Waals surface area contributed by atoms with Crippen molar-refractivity contribution < 1.29 is 27.5 Å². The number of esters is 1. The summed E-state index contributed by atoms with van der Waals surface area (Å²) in [5.74, 6) is -1.43. The summed E-state index contributed by atoms with van der Waals surface area (Å²) in [6, 6.07) is 6.91. The first-order chi connectivity index (χ1) is 13.4. The number of ketones is 1. The molecule has 29 heavy (non-hydrogen) atoms. The van der Waals surface area contributed by atoms with E-state index in [1.165, 1.54) is 6.07 Å². The second kappa shape index (κ2) is 8.31. The molecule has 0 radical (unpaired) electrons. The summed E-state index contributed by atoms with van der Waals surface area (Å²) in [5.41, 5.74) is -2.12. The molecule has 2 aromatic rings. The summed E-state index contributed by atoms with van der Waals surface area (Å²) >= 11 is 0. The molecule has 0 spiro atoms. The lowest BCUT2D eigenvalue weighted by atomic mass is 10.0. The Balaban J connectivity index is 2.75. The second-order valence-corrected chi connectivity index (χ2v) is 6.51. The summed E-state index contributed by atoms with van der Waals surface area (Å²) < 4.78 is 45.7. The molecule has 2 rings (SSSR count). The van der Waals surface area contributed by atoms with E-state index in [0.29, 0.717) is 6.07 Å². The van der Waals surface area contributed by atoms with Crippen molar-refractivity contribution >= 4 is 11.8 Å². The Kier molecular flexibility index (Phi) is 6.27. The molecule has 1 heterocycles. The van der Waals surface area contributed by atoms with Crippen LogP contribution in [0.5, 0.6) is 0 Å². The minimum Gasteiger partial charge on any atom is -0.458 e. The number of Topliss-reactive ketones (excluding diaryl/α,β-unsaturated/α-hetero) is 1.